The fourth-order valence-corrected chi connectivity index (χ4v) is 1.71. The molecule has 1 nitrogen and oxygen atoms in total. The number of allylic oxidation sites excluding steroid dienone is 1. The third kappa shape index (κ3) is 2.38. The van der Waals surface area contributed by atoms with Gasteiger partial charge in [-0.05, 0) is 30.2 Å². The minimum atomic E-state index is -4.26. The van der Waals surface area contributed by atoms with E-state index in [1.807, 2.05) is 6.08 Å². The van der Waals surface area contributed by atoms with Gasteiger partial charge < -0.3 is 4.74 Å². The van der Waals surface area contributed by atoms with Crippen molar-refractivity contribution in [3.05, 3.63) is 47.7 Å². The van der Waals surface area contributed by atoms with E-state index in [0.717, 1.165) is 24.1 Å². The average Bonchev–Trinajstić information content (AvgIpc) is 2.29. The molecule has 0 N–H and O–H groups in total. The maximum atomic E-state index is 12.3. The number of rotatable bonds is 1. The Hall–Kier alpha value is -1.45. The van der Waals surface area contributed by atoms with Crippen molar-refractivity contribution in [1.29, 1.82) is 0 Å². The standard InChI is InChI=1S/C12H11F3O/c13-12(14,15)11-3-1-9(2-4-11)10-5-7-16-8-6-10/h1-5,7,10H,6,8H2/t10-/m1/s1. The predicted molar refractivity (Wildman–Crippen MR) is 53.9 cm³/mol. The lowest BCUT2D eigenvalue weighted by Crippen LogP contribution is -2.07. The SMILES string of the molecule is FC(F)(F)c1ccc([C@@H]2C=COCC2)cc1. The van der Waals surface area contributed by atoms with Crippen molar-refractivity contribution in [2.45, 2.75) is 18.5 Å². The molecule has 1 aromatic rings. The molecule has 1 aliphatic rings. The summed E-state index contributed by atoms with van der Waals surface area (Å²) in [5.41, 5.74) is 0.292. The molecule has 0 amide bonds. The van der Waals surface area contributed by atoms with Crippen LogP contribution in [0.1, 0.15) is 23.5 Å². The molecule has 0 fully saturated rings. The van der Waals surface area contributed by atoms with Crippen LogP contribution in [0.25, 0.3) is 0 Å². The smallest absolute Gasteiger partial charge is 0.416 e. The number of ether oxygens (including phenoxy) is 1. The van der Waals surface area contributed by atoms with Crippen LogP contribution in [0, 0.1) is 0 Å². The summed E-state index contributed by atoms with van der Waals surface area (Å²) in [6.45, 7) is 0.613. The second-order valence-corrected chi connectivity index (χ2v) is 3.71. The summed E-state index contributed by atoms with van der Waals surface area (Å²) >= 11 is 0. The van der Waals surface area contributed by atoms with Gasteiger partial charge in [0, 0.05) is 5.92 Å². The van der Waals surface area contributed by atoms with E-state index in [1.165, 1.54) is 12.1 Å². The minimum absolute atomic E-state index is 0.163. The fourth-order valence-electron chi connectivity index (χ4n) is 1.71. The van der Waals surface area contributed by atoms with Crippen LogP contribution in [0.3, 0.4) is 0 Å². The van der Waals surface area contributed by atoms with Crippen LogP contribution in [-0.4, -0.2) is 6.61 Å². The summed E-state index contributed by atoms with van der Waals surface area (Å²) in [4.78, 5) is 0. The van der Waals surface area contributed by atoms with Gasteiger partial charge in [-0.1, -0.05) is 12.1 Å². The zero-order valence-corrected chi connectivity index (χ0v) is 8.50. The lowest BCUT2D eigenvalue weighted by Gasteiger charge is -2.17. The van der Waals surface area contributed by atoms with Gasteiger partial charge >= 0.3 is 6.18 Å². The molecule has 0 saturated carbocycles. The summed E-state index contributed by atoms with van der Waals surface area (Å²) in [5, 5.41) is 0. The highest BCUT2D eigenvalue weighted by atomic mass is 19.4. The van der Waals surface area contributed by atoms with Gasteiger partial charge in [0.2, 0.25) is 0 Å². The second-order valence-electron chi connectivity index (χ2n) is 3.71. The lowest BCUT2D eigenvalue weighted by atomic mass is 9.94. The molecule has 1 atom stereocenters. The van der Waals surface area contributed by atoms with Gasteiger partial charge in [0.25, 0.3) is 0 Å². The van der Waals surface area contributed by atoms with E-state index in [9.17, 15) is 13.2 Å². The quantitative estimate of drug-likeness (QED) is 0.711. The van der Waals surface area contributed by atoms with Crippen molar-refractivity contribution < 1.29 is 17.9 Å². The van der Waals surface area contributed by atoms with Crippen LogP contribution in [-0.2, 0) is 10.9 Å². The highest BCUT2D eigenvalue weighted by molar-refractivity contribution is 5.29. The molecule has 16 heavy (non-hydrogen) atoms. The monoisotopic (exact) mass is 228 g/mol. The van der Waals surface area contributed by atoms with Gasteiger partial charge in [-0.15, -0.1) is 0 Å². The van der Waals surface area contributed by atoms with Gasteiger partial charge in [-0.25, -0.2) is 0 Å². The van der Waals surface area contributed by atoms with Gasteiger partial charge in [0.1, 0.15) is 0 Å². The largest absolute Gasteiger partial charge is 0.501 e. The Balaban J connectivity index is 2.19. The molecule has 2 rings (SSSR count). The van der Waals surface area contributed by atoms with Gasteiger partial charge in [0.05, 0.1) is 18.4 Å². The molecular formula is C12H11F3O. The maximum absolute atomic E-state index is 12.3. The van der Waals surface area contributed by atoms with Crippen LogP contribution < -0.4 is 0 Å². The van der Waals surface area contributed by atoms with Crippen molar-refractivity contribution in [2.24, 2.45) is 0 Å². The van der Waals surface area contributed by atoms with Crippen molar-refractivity contribution in [2.75, 3.05) is 6.61 Å². The maximum Gasteiger partial charge on any atom is 0.416 e. The zero-order chi connectivity index (χ0) is 11.6. The van der Waals surface area contributed by atoms with Gasteiger partial charge in [-0.3, -0.25) is 0 Å². The Kier molecular flexibility index (Phi) is 2.90. The molecule has 0 radical (unpaired) electrons. The average molecular weight is 228 g/mol. The number of alkyl halides is 3. The highest BCUT2D eigenvalue weighted by Crippen LogP contribution is 2.31. The molecule has 0 aromatic heterocycles. The predicted octanol–water partition coefficient (Wildman–Crippen LogP) is 3.72. The van der Waals surface area contributed by atoms with Crippen molar-refractivity contribution in [1.82, 2.24) is 0 Å². The van der Waals surface area contributed by atoms with E-state index in [1.54, 1.807) is 6.26 Å². The van der Waals surface area contributed by atoms with E-state index in [2.05, 4.69) is 0 Å². The summed E-state index contributed by atoms with van der Waals surface area (Å²) < 4.78 is 42.0. The molecule has 4 heteroatoms. The first-order valence-electron chi connectivity index (χ1n) is 5.03. The Morgan fingerprint density at radius 3 is 2.31 bits per heavy atom. The first kappa shape index (κ1) is 11.0. The molecule has 0 bridgehead atoms. The Bertz CT molecular complexity index is 378. The van der Waals surface area contributed by atoms with Crippen molar-refractivity contribution >= 4 is 0 Å². The molecule has 0 saturated heterocycles. The molecule has 0 aliphatic carbocycles. The zero-order valence-electron chi connectivity index (χ0n) is 8.50. The molecule has 1 aromatic carbocycles. The molecule has 0 unspecified atom stereocenters. The van der Waals surface area contributed by atoms with E-state index >= 15 is 0 Å². The van der Waals surface area contributed by atoms with E-state index in [-0.39, 0.29) is 5.92 Å². The second kappa shape index (κ2) is 4.20. The first-order valence-corrected chi connectivity index (χ1v) is 5.03. The van der Waals surface area contributed by atoms with E-state index < -0.39 is 11.7 Å². The van der Waals surface area contributed by atoms with Crippen LogP contribution in [0.15, 0.2) is 36.6 Å². The van der Waals surface area contributed by atoms with E-state index in [0.29, 0.717) is 6.61 Å². The molecule has 1 aliphatic heterocycles. The van der Waals surface area contributed by atoms with Crippen molar-refractivity contribution in [3.8, 4) is 0 Å². The van der Waals surface area contributed by atoms with Crippen LogP contribution in [0.4, 0.5) is 13.2 Å². The Labute approximate surface area is 91.5 Å². The summed E-state index contributed by atoms with van der Waals surface area (Å²) in [6, 6.07) is 5.31. The number of halogens is 3. The first-order chi connectivity index (χ1) is 7.57. The van der Waals surface area contributed by atoms with Crippen molar-refractivity contribution in [3.63, 3.8) is 0 Å². The van der Waals surface area contributed by atoms with Gasteiger partial charge in [0.15, 0.2) is 0 Å². The van der Waals surface area contributed by atoms with E-state index in [4.69, 9.17) is 4.74 Å². The normalized spacial score (nSPS) is 20.6. The number of benzene rings is 1. The third-order valence-corrected chi connectivity index (χ3v) is 2.62. The van der Waals surface area contributed by atoms with Crippen LogP contribution in [0.5, 0.6) is 0 Å². The number of hydrogen-bond donors (Lipinski definition) is 0. The van der Waals surface area contributed by atoms with Crippen LogP contribution in [0.2, 0.25) is 0 Å². The van der Waals surface area contributed by atoms with Crippen LogP contribution >= 0.6 is 0 Å². The summed E-state index contributed by atoms with van der Waals surface area (Å²) in [7, 11) is 0. The molecule has 0 spiro atoms. The minimum Gasteiger partial charge on any atom is -0.501 e. The lowest BCUT2D eigenvalue weighted by molar-refractivity contribution is -0.137. The summed E-state index contributed by atoms with van der Waals surface area (Å²) in [5.74, 6) is 0.163. The topological polar surface area (TPSA) is 9.23 Å². The third-order valence-electron chi connectivity index (χ3n) is 2.62. The molecule has 1 heterocycles. The Morgan fingerprint density at radius 2 is 1.81 bits per heavy atom. The Morgan fingerprint density at radius 1 is 1.12 bits per heavy atom. The number of hydrogen-bond acceptors (Lipinski definition) is 1. The van der Waals surface area contributed by atoms with Gasteiger partial charge in [-0.2, -0.15) is 13.2 Å². The molecular weight excluding hydrogens is 217 g/mol. The summed E-state index contributed by atoms with van der Waals surface area (Å²) in [6.07, 6.45) is 0.0177. The fraction of sp³-hybridized carbons (Fsp3) is 0.333. The highest BCUT2D eigenvalue weighted by Gasteiger charge is 2.30. The molecule has 86 valence electrons.